The summed E-state index contributed by atoms with van der Waals surface area (Å²) in [5, 5.41) is 9.99. The average Bonchev–Trinajstić information content (AvgIpc) is 3.09. The van der Waals surface area contributed by atoms with Gasteiger partial charge in [-0.2, -0.15) is 4.79 Å². The van der Waals surface area contributed by atoms with Gasteiger partial charge in [-0.15, -0.1) is 11.3 Å². The molecule has 2 atom stereocenters. The zero-order valence-corrected chi connectivity index (χ0v) is 18.1. The molecular weight excluding hydrogens is 370 g/mol. The molecule has 2 aromatic rings. The molecule has 1 unspecified atom stereocenters. The van der Waals surface area contributed by atoms with Crippen LogP contribution in [-0.2, 0) is 13.1 Å². The highest BCUT2D eigenvalue weighted by Crippen LogP contribution is 2.34. The number of piperazine rings is 1. The molecule has 1 amide bonds. The normalized spacial score (nSPS) is 23.7. The third kappa shape index (κ3) is 3.87. The van der Waals surface area contributed by atoms with E-state index < -0.39 is 6.09 Å². The van der Waals surface area contributed by atoms with E-state index in [0.717, 1.165) is 25.2 Å². The van der Waals surface area contributed by atoms with Crippen molar-refractivity contribution in [3.63, 3.8) is 0 Å². The fraction of sp³-hybridized carbons (Fsp3) is 0.500. The van der Waals surface area contributed by atoms with E-state index in [0.29, 0.717) is 13.1 Å². The minimum atomic E-state index is -0.710. The third-order valence-corrected chi connectivity index (χ3v) is 7.19. The van der Waals surface area contributed by atoms with Crippen molar-refractivity contribution >= 4 is 17.4 Å². The van der Waals surface area contributed by atoms with Crippen molar-refractivity contribution in [2.24, 2.45) is 5.73 Å². The summed E-state index contributed by atoms with van der Waals surface area (Å²) in [7, 11) is 0. The van der Waals surface area contributed by atoms with Crippen molar-refractivity contribution in [1.82, 2.24) is 4.90 Å². The van der Waals surface area contributed by atoms with Crippen LogP contribution >= 0.6 is 11.3 Å². The summed E-state index contributed by atoms with van der Waals surface area (Å²) in [5.41, 5.74) is 7.80. The number of nitrogens with two attached hydrogens (primary N) is 1. The van der Waals surface area contributed by atoms with Gasteiger partial charge >= 0.3 is 6.09 Å². The molecule has 1 aromatic carbocycles. The number of thiophene rings is 1. The van der Waals surface area contributed by atoms with E-state index >= 15 is 0 Å². The number of benzene rings is 1. The number of carbonyl (C=O) groups is 1. The smallest absolute Gasteiger partial charge is 0.435 e. The van der Waals surface area contributed by atoms with Crippen LogP contribution in [0.25, 0.3) is 10.4 Å². The summed E-state index contributed by atoms with van der Waals surface area (Å²) in [6.45, 7) is 11.8. The number of quaternary nitrogens is 1. The molecule has 0 aliphatic carbocycles. The van der Waals surface area contributed by atoms with Crippen molar-refractivity contribution in [3.05, 3.63) is 46.8 Å². The summed E-state index contributed by atoms with van der Waals surface area (Å²) in [4.78, 5) is 17.1. The predicted molar refractivity (Wildman–Crippen MR) is 115 cm³/mol. The Morgan fingerprint density at radius 3 is 2.68 bits per heavy atom. The molecule has 1 aromatic heterocycles. The first-order valence-electron chi connectivity index (χ1n) is 9.89. The lowest BCUT2D eigenvalue weighted by atomic mass is 9.95. The molecule has 5 nitrogen and oxygen atoms in total. The maximum Gasteiger partial charge on any atom is 0.514 e. The van der Waals surface area contributed by atoms with E-state index in [1.807, 2.05) is 32.1 Å². The number of amides is 1. The Morgan fingerprint density at radius 1 is 1.32 bits per heavy atom. The zero-order chi connectivity index (χ0) is 20.5. The van der Waals surface area contributed by atoms with Crippen LogP contribution in [-0.4, -0.2) is 51.8 Å². The van der Waals surface area contributed by atoms with Crippen LogP contribution in [0.4, 0.5) is 4.79 Å². The van der Waals surface area contributed by atoms with Crippen LogP contribution in [0.3, 0.4) is 0 Å². The number of hydrogen-bond acceptors (Lipinski definition) is 4. The quantitative estimate of drug-likeness (QED) is 0.745. The van der Waals surface area contributed by atoms with E-state index in [2.05, 4.69) is 48.2 Å². The van der Waals surface area contributed by atoms with E-state index in [1.54, 1.807) is 0 Å². The summed E-state index contributed by atoms with van der Waals surface area (Å²) >= 11 is 1.81. The van der Waals surface area contributed by atoms with Gasteiger partial charge in [-0.1, -0.05) is 18.2 Å². The number of carboxylic acid groups (broad SMARTS) is 1. The summed E-state index contributed by atoms with van der Waals surface area (Å²) in [6, 6.07) is 12.8. The minimum absolute atomic E-state index is 0.0481. The maximum atomic E-state index is 12.2. The Hall–Kier alpha value is -1.73. The molecule has 3 rings (SSSR count). The third-order valence-electron chi connectivity index (χ3n) is 6.07. The van der Waals surface area contributed by atoms with Gasteiger partial charge in [-0.3, -0.25) is 4.90 Å². The van der Waals surface area contributed by atoms with Crippen LogP contribution in [0.5, 0.6) is 0 Å². The van der Waals surface area contributed by atoms with E-state index in [4.69, 9.17) is 5.73 Å². The number of rotatable bonds is 4. The van der Waals surface area contributed by atoms with Gasteiger partial charge in [0.2, 0.25) is 0 Å². The van der Waals surface area contributed by atoms with Gasteiger partial charge < -0.3 is 10.8 Å². The van der Waals surface area contributed by atoms with Crippen LogP contribution in [0, 0.1) is 0 Å². The minimum Gasteiger partial charge on any atom is -0.435 e. The predicted octanol–water partition coefficient (Wildman–Crippen LogP) is 4.37. The molecule has 1 fully saturated rings. The molecule has 0 bridgehead atoms. The number of hydrogen-bond donors (Lipinski definition) is 2. The van der Waals surface area contributed by atoms with Gasteiger partial charge in [-0.25, -0.2) is 4.48 Å². The molecule has 3 N–H and O–H groups in total. The molecule has 1 saturated heterocycles. The molecule has 1 aliphatic heterocycles. The highest BCUT2D eigenvalue weighted by molar-refractivity contribution is 7.15. The second-order valence-electron chi connectivity index (χ2n) is 8.80. The Kier molecular flexibility index (Phi) is 5.96. The second kappa shape index (κ2) is 7.95. The molecular formula is C22H32N3O2S+. The Morgan fingerprint density at radius 2 is 2.07 bits per heavy atom. The van der Waals surface area contributed by atoms with Crippen molar-refractivity contribution in [2.45, 2.75) is 52.4 Å². The SMILES string of the molecule is C[C@H]1CN(Cc2ccc(-c3cccc(CN)c3)s2)CC[N+]1(C(=O)O)C(C)(C)C. The van der Waals surface area contributed by atoms with Crippen LogP contribution in [0.1, 0.15) is 38.1 Å². The van der Waals surface area contributed by atoms with Crippen LogP contribution < -0.4 is 5.73 Å². The molecule has 0 radical (unpaired) electrons. The van der Waals surface area contributed by atoms with Gasteiger partial charge in [0.15, 0.2) is 0 Å². The highest BCUT2D eigenvalue weighted by atomic mass is 32.1. The van der Waals surface area contributed by atoms with Crippen molar-refractivity contribution in [3.8, 4) is 10.4 Å². The fourth-order valence-electron chi connectivity index (χ4n) is 4.53. The van der Waals surface area contributed by atoms with Crippen molar-refractivity contribution < 1.29 is 14.4 Å². The lowest BCUT2D eigenvalue weighted by Gasteiger charge is -2.52. The van der Waals surface area contributed by atoms with Crippen LogP contribution in [0.2, 0.25) is 0 Å². The molecule has 1 aliphatic rings. The first-order chi connectivity index (χ1) is 13.2. The van der Waals surface area contributed by atoms with Gasteiger partial charge in [0.25, 0.3) is 0 Å². The van der Waals surface area contributed by atoms with Crippen molar-refractivity contribution in [2.75, 3.05) is 19.6 Å². The molecule has 0 saturated carbocycles. The van der Waals surface area contributed by atoms with Gasteiger partial charge in [0.1, 0.15) is 18.1 Å². The van der Waals surface area contributed by atoms with E-state index in [1.165, 1.54) is 15.3 Å². The average molecular weight is 403 g/mol. The Balaban J connectivity index is 1.71. The van der Waals surface area contributed by atoms with E-state index in [-0.39, 0.29) is 16.1 Å². The zero-order valence-electron chi connectivity index (χ0n) is 17.3. The monoisotopic (exact) mass is 402 g/mol. The Bertz CT molecular complexity index is 842. The maximum absolute atomic E-state index is 12.2. The van der Waals surface area contributed by atoms with Gasteiger partial charge in [-0.05, 0) is 57.0 Å². The fourth-order valence-corrected chi connectivity index (χ4v) is 5.57. The largest absolute Gasteiger partial charge is 0.514 e. The molecule has 6 heteroatoms. The lowest BCUT2D eigenvalue weighted by molar-refractivity contribution is -0.929. The topological polar surface area (TPSA) is 66.6 Å². The first kappa shape index (κ1) is 21.0. The lowest BCUT2D eigenvalue weighted by Crippen LogP contribution is -2.73. The Labute approximate surface area is 172 Å². The molecule has 152 valence electrons. The molecule has 28 heavy (non-hydrogen) atoms. The van der Waals surface area contributed by atoms with Crippen molar-refractivity contribution in [1.29, 1.82) is 0 Å². The van der Waals surface area contributed by atoms with Gasteiger partial charge in [0, 0.05) is 29.4 Å². The first-order valence-corrected chi connectivity index (χ1v) is 10.7. The molecule has 2 heterocycles. The van der Waals surface area contributed by atoms with Gasteiger partial charge in [0.05, 0.1) is 6.54 Å². The standard InChI is InChI=1S/C22H31N3O2S/c1-16-14-24(10-11-25(16,21(26)27)22(2,3)4)15-19-8-9-20(28-19)18-7-5-6-17(12-18)13-23/h5-9,12,16H,10-11,13-15,23H2,1-4H3/p+1/t16-,25?/m0/s1. The second-order valence-corrected chi connectivity index (χ2v) is 9.97. The molecule has 0 spiro atoms. The summed E-state index contributed by atoms with van der Waals surface area (Å²) in [5.74, 6) is 0. The summed E-state index contributed by atoms with van der Waals surface area (Å²) in [6.07, 6.45) is -0.710. The summed E-state index contributed by atoms with van der Waals surface area (Å²) < 4.78 is 0.130. The van der Waals surface area contributed by atoms with E-state index in [9.17, 15) is 9.90 Å². The van der Waals surface area contributed by atoms with Crippen LogP contribution in [0.15, 0.2) is 36.4 Å². The highest BCUT2D eigenvalue weighted by Gasteiger charge is 2.54. The number of nitrogens with zero attached hydrogens (tertiary/aromatic N) is 2.